The number of aromatic nitrogens is 2. The Bertz CT molecular complexity index is 752. The van der Waals surface area contributed by atoms with Gasteiger partial charge in [-0.25, -0.2) is 4.68 Å². The molecule has 142 valence electrons. The summed E-state index contributed by atoms with van der Waals surface area (Å²) < 4.78 is 39.7. The van der Waals surface area contributed by atoms with Crippen molar-refractivity contribution in [3.63, 3.8) is 0 Å². The molecule has 9 heteroatoms. The van der Waals surface area contributed by atoms with Crippen molar-refractivity contribution in [3.8, 4) is 5.69 Å². The molecule has 0 radical (unpaired) electrons. The number of carbonyl (C=O) groups excluding carboxylic acids is 1. The van der Waals surface area contributed by atoms with Gasteiger partial charge in [-0.15, -0.1) is 12.4 Å². The quantitative estimate of drug-likeness (QED) is 0.844. The normalized spacial score (nSPS) is 20.3. The number of benzene rings is 1. The first-order chi connectivity index (χ1) is 11.8. The largest absolute Gasteiger partial charge is 0.433 e. The van der Waals surface area contributed by atoms with E-state index in [1.807, 2.05) is 6.92 Å². The Morgan fingerprint density at radius 2 is 1.96 bits per heavy atom. The van der Waals surface area contributed by atoms with Crippen molar-refractivity contribution in [2.24, 2.45) is 5.41 Å². The summed E-state index contributed by atoms with van der Waals surface area (Å²) in [5, 5.41) is 9.78. The predicted molar refractivity (Wildman–Crippen MR) is 94.7 cm³/mol. The number of nitrogens with zero attached hydrogens (tertiary/aromatic N) is 2. The van der Waals surface area contributed by atoms with Gasteiger partial charge in [-0.3, -0.25) is 4.79 Å². The minimum absolute atomic E-state index is 0. The van der Waals surface area contributed by atoms with E-state index in [1.54, 1.807) is 12.1 Å². The van der Waals surface area contributed by atoms with E-state index in [0.717, 1.165) is 36.3 Å². The molecule has 3 rings (SSSR count). The van der Waals surface area contributed by atoms with Gasteiger partial charge in [0, 0.05) is 12.2 Å². The Balaban J connectivity index is 0.00000243. The van der Waals surface area contributed by atoms with Crippen LogP contribution >= 0.6 is 12.4 Å². The minimum atomic E-state index is -4.48. The summed E-state index contributed by atoms with van der Waals surface area (Å²) in [6.45, 7) is 3.42. The molecule has 0 bridgehead atoms. The van der Waals surface area contributed by atoms with Crippen molar-refractivity contribution in [1.29, 1.82) is 0 Å². The van der Waals surface area contributed by atoms with E-state index >= 15 is 0 Å². The molecule has 0 saturated carbocycles. The molecule has 0 aliphatic carbocycles. The van der Waals surface area contributed by atoms with Crippen molar-refractivity contribution in [2.75, 3.05) is 18.4 Å². The summed E-state index contributed by atoms with van der Waals surface area (Å²) >= 11 is 0. The van der Waals surface area contributed by atoms with E-state index in [1.165, 1.54) is 12.1 Å². The number of alkyl halides is 3. The average Bonchev–Trinajstić information content (AvgIpc) is 3.06. The molecule has 1 aliphatic heterocycles. The van der Waals surface area contributed by atoms with E-state index in [4.69, 9.17) is 0 Å². The molecule has 1 fully saturated rings. The molecule has 2 N–H and O–H groups in total. The van der Waals surface area contributed by atoms with Crippen LogP contribution in [-0.4, -0.2) is 28.8 Å². The molecule has 1 aromatic carbocycles. The van der Waals surface area contributed by atoms with Crippen LogP contribution in [-0.2, 0) is 11.0 Å². The van der Waals surface area contributed by atoms with Gasteiger partial charge >= 0.3 is 6.18 Å². The third kappa shape index (κ3) is 4.19. The van der Waals surface area contributed by atoms with Gasteiger partial charge in [0.2, 0.25) is 5.91 Å². The number of hydrogen-bond donors (Lipinski definition) is 2. The fourth-order valence-electron chi connectivity index (χ4n) is 2.94. The number of piperidine rings is 1. The molecule has 1 unspecified atom stereocenters. The van der Waals surface area contributed by atoms with Gasteiger partial charge in [0.1, 0.15) is 5.69 Å². The van der Waals surface area contributed by atoms with E-state index < -0.39 is 17.3 Å². The van der Waals surface area contributed by atoms with Crippen LogP contribution in [0.15, 0.2) is 36.5 Å². The number of nitrogens with one attached hydrogen (secondary N) is 2. The second kappa shape index (κ2) is 7.67. The van der Waals surface area contributed by atoms with Crippen LogP contribution in [0.3, 0.4) is 0 Å². The van der Waals surface area contributed by atoms with Crippen molar-refractivity contribution >= 4 is 24.0 Å². The van der Waals surface area contributed by atoms with Crippen molar-refractivity contribution < 1.29 is 18.0 Å². The first-order valence-corrected chi connectivity index (χ1v) is 8.03. The van der Waals surface area contributed by atoms with Crippen LogP contribution in [0.4, 0.5) is 18.9 Å². The number of rotatable bonds is 3. The summed E-state index contributed by atoms with van der Waals surface area (Å²) in [6, 6.07) is 7.08. The second-order valence-electron chi connectivity index (χ2n) is 6.47. The molecule has 2 aromatic rings. The molecule has 1 atom stereocenters. The van der Waals surface area contributed by atoms with Gasteiger partial charge in [-0.1, -0.05) is 0 Å². The van der Waals surface area contributed by atoms with E-state index in [-0.39, 0.29) is 24.0 Å². The van der Waals surface area contributed by atoms with Crippen molar-refractivity contribution in [3.05, 3.63) is 42.2 Å². The number of carbonyl (C=O) groups is 1. The van der Waals surface area contributed by atoms with Gasteiger partial charge in [-0.2, -0.15) is 18.3 Å². The van der Waals surface area contributed by atoms with Crippen molar-refractivity contribution in [1.82, 2.24) is 15.1 Å². The summed E-state index contributed by atoms with van der Waals surface area (Å²) in [6.07, 6.45) is -1.64. The fraction of sp³-hybridized carbons (Fsp3) is 0.412. The van der Waals surface area contributed by atoms with Crippen LogP contribution in [0.2, 0.25) is 0 Å². The number of halogens is 4. The molecule has 1 aliphatic rings. The van der Waals surface area contributed by atoms with E-state index in [9.17, 15) is 18.0 Å². The summed E-state index contributed by atoms with van der Waals surface area (Å²) in [4.78, 5) is 12.5. The zero-order chi connectivity index (χ0) is 18.1. The van der Waals surface area contributed by atoms with Gasteiger partial charge < -0.3 is 10.6 Å². The van der Waals surface area contributed by atoms with Crippen LogP contribution in [0, 0.1) is 5.41 Å². The highest BCUT2D eigenvalue weighted by molar-refractivity contribution is 5.95. The number of hydrogen-bond acceptors (Lipinski definition) is 3. The lowest BCUT2D eigenvalue weighted by Crippen LogP contribution is -2.46. The van der Waals surface area contributed by atoms with Crippen molar-refractivity contribution in [2.45, 2.75) is 25.9 Å². The maximum atomic E-state index is 12.9. The first-order valence-electron chi connectivity index (χ1n) is 8.03. The van der Waals surface area contributed by atoms with Crippen LogP contribution < -0.4 is 10.6 Å². The highest BCUT2D eigenvalue weighted by Gasteiger charge is 2.36. The molecular weight excluding hydrogens is 369 g/mol. The molecule has 1 amide bonds. The molecule has 5 nitrogen and oxygen atoms in total. The highest BCUT2D eigenvalue weighted by Crippen LogP contribution is 2.31. The molecule has 1 aromatic heterocycles. The smallest absolute Gasteiger partial charge is 0.326 e. The second-order valence-corrected chi connectivity index (χ2v) is 6.47. The molecular formula is C17H20ClF3N4O. The Morgan fingerprint density at radius 1 is 1.27 bits per heavy atom. The lowest BCUT2D eigenvalue weighted by Gasteiger charge is -2.32. The molecule has 26 heavy (non-hydrogen) atoms. The first kappa shape index (κ1) is 20.3. The maximum absolute atomic E-state index is 12.9. The van der Waals surface area contributed by atoms with Gasteiger partial charge in [0.15, 0.2) is 0 Å². The molecule has 0 spiro atoms. The molecule has 2 heterocycles. The summed E-state index contributed by atoms with van der Waals surface area (Å²) in [5.74, 6) is -0.0949. The average molecular weight is 389 g/mol. The van der Waals surface area contributed by atoms with E-state index in [2.05, 4.69) is 15.7 Å². The Kier molecular flexibility index (Phi) is 5.98. The van der Waals surface area contributed by atoms with Gasteiger partial charge in [0.05, 0.1) is 17.3 Å². The van der Waals surface area contributed by atoms with Gasteiger partial charge in [0.25, 0.3) is 0 Å². The van der Waals surface area contributed by atoms with Gasteiger partial charge in [-0.05, 0) is 56.6 Å². The van der Waals surface area contributed by atoms with Crippen LogP contribution in [0.5, 0.6) is 0 Å². The topological polar surface area (TPSA) is 59.0 Å². The lowest BCUT2D eigenvalue weighted by atomic mass is 9.82. The third-order valence-corrected chi connectivity index (χ3v) is 4.45. The van der Waals surface area contributed by atoms with Crippen LogP contribution in [0.25, 0.3) is 5.69 Å². The summed E-state index contributed by atoms with van der Waals surface area (Å²) in [5.41, 5.74) is -0.505. The minimum Gasteiger partial charge on any atom is -0.326 e. The van der Waals surface area contributed by atoms with E-state index in [0.29, 0.717) is 12.2 Å². The zero-order valence-electron chi connectivity index (χ0n) is 14.1. The SMILES string of the molecule is CC1(C(=O)Nc2ccc(-n3nccc3C(F)(F)F)cc2)CCCNC1.Cl. The monoisotopic (exact) mass is 388 g/mol. The summed E-state index contributed by atoms with van der Waals surface area (Å²) in [7, 11) is 0. The lowest BCUT2D eigenvalue weighted by molar-refractivity contribution is -0.142. The zero-order valence-corrected chi connectivity index (χ0v) is 15.0. The number of anilines is 1. The maximum Gasteiger partial charge on any atom is 0.433 e. The standard InChI is InChI=1S/C17H19F3N4O.ClH/c1-16(8-2-9-21-11-16)15(25)23-12-3-5-13(6-4-12)24-14(7-10-22-24)17(18,19)20;/h3-7,10,21H,2,8-9,11H2,1H3,(H,23,25);1H. The Labute approximate surface area is 155 Å². The van der Waals surface area contributed by atoms with Crippen LogP contribution in [0.1, 0.15) is 25.5 Å². The predicted octanol–water partition coefficient (Wildman–Crippen LogP) is 3.64. The number of amides is 1. The Morgan fingerprint density at radius 3 is 2.54 bits per heavy atom. The Hall–Kier alpha value is -2.06. The third-order valence-electron chi connectivity index (χ3n) is 4.45. The fourth-order valence-corrected chi connectivity index (χ4v) is 2.94. The molecule has 1 saturated heterocycles. The highest BCUT2D eigenvalue weighted by atomic mass is 35.5.